The Morgan fingerprint density at radius 3 is 2.66 bits per heavy atom. The third kappa shape index (κ3) is 3.81. The molecule has 2 aliphatic rings. The van der Waals surface area contributed by atoms with Crippen molar-refractivity contribution >= 4 is 39.4 Å². The number of anilines is 1. The second-order valence-corrected chi connectivity index (χ2v) is 9.08. The van der Waals surface area contributed by atoms with Gasteiger partial charge in [-0.2, -0.15) is 18.4 Å². The minimum atomic E-state index is -4.58. The summed E-state index contributed by atoms with van der Waals surface area (Å²) in [5, 5.41) is 12.5. The third-order valence-electron chi connectivity index (χ3n) is 5.65. The van der Waals surface area contributed by atoms with Crippen LogP contribution in [0.2, 0.25) is 0 Å². The van der Waals surface area contributed by atoms with Crippen molar-refractivity contribution in [2.24, 2.45) is 5.41 Å². The second-order valence-electron chi connectivity index (χ2n) is 8.20. The summed E-state index contributed by atoms with van der Waals surface area (Å²) in [5.41, 5.74) is -0.890. The minimum absolute atomic E-state index is 0.0328. The van der Waals surface area contributed by atoms with Crippen LogP contribution in [0.3, 0.4) is 0 Å². The van der Waals surface area contributed by atoms with Gasteiger partial charge in [-0.25, -0.2) is 9.78 Å². The summed E-state index contributed by atoms with van der Waals surface area (Å²) >= 11 is 0.844. The zero-order valence-corrected chi connectivity index (χ0v) is 18.1. The van der Waals surface area contributed by atoms with Crippen molar-refractivity contribution in [3.63, 3.8) is 0 Å². The Labute approximate surface area is 185 Å². The number of likely N-dealkylation sites (tertiary alicyclic amines) is 1. The highest BCUT2D eigenvalue weighted by Gasteiger charge is 2.54. The molecule has 1 unspecified atom stereocenters. The van der Waals surface area contributed by atoms with E-state index in [1.165, 1.54) is 17.3 Å². The van der Waals surface area contributed by atoms with Crippen LogP contribution in [-0.2, 0) is 10.9 Å². The molecule has 170 valence electrons. The average molecular weight is 467 g/mol. The smallest absolute Gasteiger partial charge is 0.417 e. The fourth-order valence-electron chi connectivity index (χ4n) is 4.10. The van der Waals surface area contributed by atoms with Gasteiger partial charge in [-0.05, 0) is 13.0 Å². The van der Waals surface area contributed by atoms with Gasteiger partial charge in [0, 0.05) is 44.0 Å². The summed E-state index contributed by atoms with van der Waals surface area (Å²) < 4.78 is 46.2. The number of pyridine rings is 1. The molecule has 2 saturated heterocycles. The molecule has 1 atom stereocenters. The van der Waals surface area contributed by atoms with Crippen molar-refractivity contribution < 1.29 is 27.5 Å². The Morgan fingerprint density at radius 2 is 2.06 bits per heavy atom. The van der Waals surface area contributed by atoms with E-state index in [4.69, 9.17) is 10.00 Å². The van der Waals surface area contributed by atoms with E-state index in [-0.39, 0.29) is 33.4 Å². The van der Waals surface area contributed by atoms with E-state index >= 15 is 0 Å². The van der Waals surface area contributed by atoms with Crippen LogP contribution in [0.1, 0.15) is 29.3 Å². The van der Waals surface area contributed by atoms with Crippen LogP contribution in [0.25, 0.3) is 10.2 Å². The van der Waals surface area contributed by atoms with Crippen molar-refractivity contribution in [3.8, 4) is 6.07 Å². The molecule has 0 radical (unpaired) electrons. The van der Waals surface area contributed by atoms with Gasteiger partial charge >= 0.3 is 12.3 Å². The molecule has 0 aromatic carbocycles. The Kier molecular flexibility index (Phi) is 5.40. The van der Waals surface area contributed by atoms with Crippen LogP contribution < -0.4 is 10.2 Å². The number of nitrogens with zero attached hydrogens (tertiary/aromatic N) is 4. The number of aromatic nitrogens is 1. The quantitative estimate of drug-likeness (QED) is 0.741. The van der Waals surface area contributed by atoms with Gasteiger partial charge < -0.3 is 19.9 Å². The molecule has 0 aliphatic carbocycles. The van der Waals surface area contributed by atoms with Gasteiger partial charge in [0.2, 0.25) is 0 Å². The largest absolute Gasteiger partial charge is 0.445 e. The molecule has 12 heteroatoms. The number of fused-ring (bicyclic) bond motifs is 1. The molecule has 2 aromatic heterocycles. The van der Waals surface area contributed by atoms with Crippen molar-refractivity contribution in [2.75, 3.05) is 38.1 Å². The Hall–Kier alpha value is -3.07. The lowest BCUT2D eigenvalue weighted by atomic mass is 9.73. The predicted molar refractivity (Wildman–Crippen MR) is 110 cm³/mol. The van der Waals surface area contributed by atoms with Gasteiger partial charge in [0.15, 0.2) is 0 Å². The zero-order valence-electron chi connectivity index (χ0n) is 17.3. The first-order valence-electron chi connectivity index (χ1n) is 9.86. The van der Waals surface area contributed by atoms with Gasteiger partial charge in [0.25, 0.3) is 5.91 Å². The molecular weight excluding hydrogens is 447 g/mol. The lowest BCUT2D eigenvalue weighted by Gasteiger charge is -2.60. The molecule has 2 amide bonds. The summed E-state index contributed by atoms with van der Waals surface area (Å²) in [6.45, 7) is 3.38. The maximum atomic E-state index is 13.7. The van der Waals surface area contributed by atoms with Crippen LogP contribution in [0.5, 0.6) is 0 Å². The van der Waals surface area contributed by atoms with Gasteiger partial charge in [-0.1, -0.05) is 0 Å². The van der Waals surface area contributed by atoms with Gasteiger partial charge in [-0.3, -0.25) is 4.79 Å². The van der Waals surface area contributed by atoms with E-state index in [0.717, 1.165) is 17.4 Å². The molecule has 2 aliphatic heterocycles. The van der Waals surface area contributed by atoms with Gasteiger partial charge in [0.1, 0.15) is 11.9 Å². The number of nitriles is 1. The average Bonchev–Trinajstić information content (AvgIpc) is 3.07. The first kappa shape index (κ1) is 22.1. The molecule has 1 spiro atoms. The van der Waals surface area contributed by atoms with Crippen LogP contribution in [0, 0.1) is 16.7 Å². The Morgan fingerprint density at radius 1 is 1.38 bits per heavy atom. The lowest BCUT2D eigenvalue weighted by molar-refractivity contribution is -0.136. The number of ether oxygens (including phenoxy) is 1. The molecule has 0 saturated carbocycles. The summed E-state index contributed by atoms with van der Waals surface area (Å²) in [6.07, 6.45) is -5.47. The van der Waals surface area contributed by atoms with E-state index in [0.29, 0.717) is 26.2 Å². The highest BCUT2D eigenvalue weighted by atomic mass is 32.1. The molecule has 4 rings (SSSR count). The number of nitrogens with one attached hydrogen (secondary N) is 1. The number of hydrogen-bond donors (Lipinski definition) is 1. The molecule has 8 nitrogen and oxygen atoms in total. The second kappa shape index (κ2) is 7.81. The van der Waals surface area contributed by atoms with E-state index in [1.807, 2.05) is 6.07 Å². The summed E-state index contributed by atoms with van der Waals surface area (Å²) in [5.74, 6) is -0.337. The summed E-state index contributed by atoms with van der Waals surface area (Å²) in [7, 11) is 1.41. The minimum Gasteiger partial charge on any atom is -0.445 e. The molecule has 1 N–H and O–H groups in total. The number of hydrogen-bond acceptors (Lipinski definition) is 7. The fraction of sp³-hybridized carbons (Fsp3) is 0.500. The van der Waals surface area contributed by atoms with Crippen molar-refractivity contribution in [2.45, 2.75) is 25.6 Å². The maximum absolute atomic E-state index is 13.7. The Bertz CT molecular complexity index is 1110. The maximum Gasteiger partial charge on any atom is 0.417 e. The summed E-state index contributed by atoms with van der Waals surface area (Å²) in [4.78, 5) is 31.8. The molecule has 2 aromatic rings. The highest BCUT2D eigenvalue weighted by molar-refractivity contribution is 7.17. The predicted octanol–water partition coefficient (Wildman–Crippen LogP) is 3.24. The number of carbonyl (C=O) groups is 2. The summed E-state index contributed by atoms with van der Waals surface area (Å²) in [6, 6.07) is 2.96. The number of thiophene rings is 1. The molecule has 4 heterocycles. The van der Waals surface area contributed by atoms with Crippen LogP contribution in [0.15, 0.2) is 11.4 Å². The number of carbonyl (C=O) groups excluding carboxylic acids is 2. The van der Waals surface area contributed by atoms with E-state index in [2.05, 4.69) is 10.3 Å². The number of halogens is 3. The third-order valence-corrected chi connectivity index (χ3v) is 6.66. The highest BCUT2D eigenvalue weighted by Crippen LogP contribution is 2.45. The first-order valence-corrected chi connectivity index (χ1v) is 10.7. The SMILES string of the molecule is CNC(=O)c1csc2c(C(F)(F)F)cc(N3CC4(CN(C(=O)OC(C)CC#N)C4)C3)nc12. The standard InChI is InChI=1S/C20H20F3N5O3S/c1-11(3-4-24)31-18(30)28-9-19(10-28)7-27(8-19)14-5-13(20(21,22)23)16-15(26-14)12(6-32-16)17(29)25-2/h5-6,11H,3,7-10H2,1-2H3,(H,25,29). The zero-order chi connectivity index (χ0) is 23.3. The molecule has 0 bridgehead atoms. The van der Waals surface area contributed by atoms with Crippen LogP contribution in [-0.4, -0.2) is 61.2 Å². The molecular formula is C20H20F3N5O3S. The first-order chi connectivity index (χ1) is 15.1. The van der Waals surface area contributed by atoms with E-state index < -0.39 is 29.8 Å². The van der Waals surface area contributed by atoms with Gasteiger partial charge in [0.05, 0.1) is 33.8 Å². The molecule has 2 fully saturated rings. The van der Waals surface area contributed by atoms with Gasteiger partial charge in [-0.15, -0.1) is 11.3 Å². The number of rotatable bonds is 4. The van der Waals surface area contributed by atoms with E-state index in [1.54, 1.807) is 11.8 Å². The Balaban J connectivity index is 1.50. The monoisotopic (exact) mass is 467 g/mol. The molecule has 32 heavy (non-hydrogen) atoms. The van der Waals surface area contributed by atoms with Crippen molar-refractivity contribution in [3.05, 3.63) is 22.6 Å². The van der Waals surface area contributed by atoms with Crippen LogP contribution in [0.4, 0.5) is 23.8 Å². The fourth-order valence-corrected chi connectivity index (χ4v) is 5.12. The normalized spacial score (nSPS) is 18.0. The number of alkyl halides is 3. The van der Waals surface area contributed by atoms with Crippen molar-refractivity contribution in [1.82, 2.24) is 15.2 Å². The topological polar surface area (TPSA) is 98.6 Å². The van der Waals surface area contributed by atoms with E-state index in [9.17, 15) is 22.8 Å². The van der Waals surface area contributed by atoms with Crippen molar-refractivity contribution in [1.29, 1.82) is 5.26 Å². The van der Waals surface area contributed by atoms with Crippen LogP contribution >= 0.6 is 11.3 Å². The number of amides is 2. The lowest BCUT2D eigenvalue weighted by Crippen LogP contribution is -2.73.